The van der Waals surface area contributed by atoms with Crippen LogP contribution in [-0.4, -0.2) is 34.1 Å². The SMILES string of the molecule is CN(CCn1c(N)nc2cc(Cl)c(F)cc21)C1CC1. The molecule has 1 saturated carbocycles. The van der Waals surface area contributed by atoms with Gasteiger partial charge in [0.2, 0.25) is 5.95 Å². The fourth-order valence-electron chi connectivity index (χ4n) is 2.33. The molecule has 0 bridgehead atoms. The first-order valence-electron chi connectivity index (χ1n) is 6.37. The van der Waals surface area contributed by atoms with Crippen LogP contribution in [-0.2, 0) is 6.54 Å². The third-order valence-electron chi connectivity index (χ3n) is 3.67. The van der Waals surface area contributed by atoms with E-state index in [0.29, 0.717) is 29.6 Å². The fourth-order valence-corrected chi connectivity index (χ4v) is 2.49. The molecule has 1 heterocycles. The predicted molar refractivity (Wildman–Crippen MR) is 74.8 cm³/mol. The molecule has 102 valence electrons. The number of anilines is 1. The summed E-state index contributed by atoms with van der Waals surface area (Å²) < 4.78 is 15.4. The van der Waals surface area contributed by atoms with Crippen LogP contribution in [0.2, 0.25) is 5.02 Å². The van der Waals surface area contributed by atoms with E-state index in [0.717, 1.165) is 6.54 Å². The Morgan fingerprint density at radius 3 is 2.95 bits per heavy atom. The van der Waals surface area contributed by atoms with Crippen LogP contribution in [0.5, 0.6) is 0 Å². The van der Waals surface area contributed by atoms with Crippen molar-refractivity contribution in [1.29, 1.82) is 0 Å². The minimum absolute atomic E-state index is 0.0762. The molecule has 1 aromatic heterocycles. The largest absolute Gasteiger partial charge is 0.369 e. The highest BCUT2D eigenvalue weighted by Gasteiger charge is 2.25. The van der Waals surface area contributed by atoms with Crippen molar-refractivity contribution in [2.45, 2.75) is 25.4 Å². The average Bonchev–Trinajstić information content (AvgIpc) is 3.15. The number of benzene rings is 1. The molecule has 0 unspecified atom stereocenters. The number of nitrogens with zero attached hydrogens (tertiary/aromatic N) is 3. The number of nitrogen functional groups attached to an aromatic ring is 1. The Morgan fingerprint density at radius 1 is 1.53 bits per heavy atom. The Bertz CT molecular complexity index is 621. The van der Waals surface area contributed by atoms with Crippen molar-refractivity contribution in [3.8, 4) is 0 Å². The molecule has 0 spiro atoms. The van der Waals surface area contributed by atoms with Gasteiger partial charge in [-0.3, -0.25) is 0 Å². The zero-order chi connectivity index (χ0) is 13.6. The Balaban J connectivity index is 1.88. The summed E-state index contributed by atoms with van der Waals surface area (Å²) in [5.74, 6) is -0.0354. The average molecular weight is 283 g/mol. The van der Waals surface area contributed by atoms with Gasteiger partial charge in [0.25, 0.3) is 0 Å². The van der Waals surface area contributed by atoms with E-state index in [1.807, 2.05) is 4.57 Å². The standard InChI is InChI=1S/C13H16ClFN4/c1-18(8-2-3-8)4-5-19-12-7-10(15)9(14)6-11(12)17-13(19)16/h6-8H,2-5H2,1H3,(H2,16,17). The number of nitrogens with two attached hydrogens (primary N) is 1. The van der Waals surface area contributed by atoms with Gasteiger partial charge in [-0.15, -0.1) is 0 Å². The second kappa shape index (κ2) is 4.65. The van der Waals surface area contributed by atoms with Crippen LogP contribution in [0.15, 0.2) is 12.1 Å². The van der Waals surface area contributed by atoms with E-state index in [1.165, 1.54) is 25.0 Å². The molecule has 6 heteroatoms. The van der Waals surface area contributed by atoms with Crippen molar-refractivity contribution >= 4 is 28.6 Å². The zero-order valence-corrected chi connectivity index (χ0v) is 11.5. The molecule has 4 nitrogen and oxygen atoms in total. The summed E-state index contributed by atoms with van der Waals surface area (Å²) in [6.45, 7) is 1.58. The Kier molecular flexibility index (Phi) is 3.11. The van der Waals surface area contributed by atoms with E-state index in [4.69, 9.17) is 17.3 Å². The summed E-state index contributed by atoms with van der Waals surface area (Å²) >= 11 is 5.75. The van der Waals surface area contributed by atoms with Crippen molar-refractivity contribution < 1.29 is 4.39 Å². The third-order valence-corrected chi connectivity index (χ3v) is 3.96. The van der Waals surface area contributed by atoms with E-state index in [9.17, 15) is 4.39 Å². The maximum atomic E-state index is 13.6. The van der Waals surface area contributed by atoms with E-state index in [1.54, 1.807) is 0 Å². The summed E-state index contributed by atoms with van der Waals surface area (Å²) in [6.07, 6.45) is 2.53. The molecule has 1 aromatic carbocycles. The number of hydrogen-bond donors (Lipinski definition) is 1. The molecular weight excluding hydrogens is 267 g/mol. The minimum Gasteiger partial charge on any atom is -0.369 e. The van der Waals surface area contributed by atoms with Crippen molar-refractivity contribution in [3.63, 3.8) is 0 Å². The Hall–Kier alpha value is -1.33. The normalized spacial score (nSPS) is 15.6. The molecule has 0 radical (unpaired) electrons. The van der Waals surface area contributed by atoms with Crippen LogP contribution >= 0.6 is 11.6 Å². The molecule has 0 aliphatic heterocycles. The van der Waals surface area contributed by atoms with Crippen LogP contribution in [0.4, 0.5) is 10.3 Å². The second-order valence-corrected chi connectivity index (χ2v) is 5.50. The lowest BCUT2D eigenvalue weighted by atomic mass is 10.3. The Morgan fingerprint density at radius 2 is 2.26 bits per heavy atom. The highest BCUT2D eigenvalue weighted by Crippen LogP contribution is 2.27. The lowest BCUT2D eigenvalue weighted by Gasteiger charge is -2.16. The molecule has 1 aliphatic rings. The van der Waals surface area contributed by atoms with Crippen LogP contribution in [0.1, 0.15) is 12.8 Å². The number of rotatable bonds is 4. The number of fused-ring (bicyclic) bond motifs is 1. The van der Waals surface area contributed by atoms with Crippen LogP contribution in [0.3, 0.4) is 0 Å². The van der Waals surface area contributed by atoms with Gasteiger partial charge in [-0.25, -0.2) is 9.37 Å². The maximum Gasteiger partial charge on any atom is 0.201 e. The fraction of sp³-hybridized carbons (Fsp3) is 0.462. The number of hydrogen-bond acceptors (Lipinski definition) is 3. The van der Waals surface area contributed by atoms with Gasteiger partial charge in [-0.05, 0) is 26.0 Å². The van der Waals surface area contributed by atoms with E-state index in [2.05, 4.69) is 16.9 Å². The summed E-state index contributed by atoms with van der Waals surface area (Å²) in [5.41, 5.74) is 7.23. The molecule has 1 fully saturated rings. The molecule has 1 aliphatic carbocycles. The van der Waals surface area contributed by atoms with Gasteiger partial charge in [-0.1, -0.05) is 11.6 Å². The highest BCUT2D eigenvalue weighted by atomic mass is 35.5. The van der Waals surface area contributed by atoms with Crippen molar-refractivity contribution in [3.05, 3.63) is 23.0 Å². The number of imidazole rings is 1. The first-order valence-corrected chi connectivity index (χ1v) is 6.75. The molecular formula is C13H16ClFN4. The van der Waals surface area contributed by atoms with Crippen LogP contribution in [0.25, 0.3) is 11.0 Å². The minimum atomic E-state index is -0.439. The summed E-state index contributed by atoms with van der Waals surface area (Å²) in [6, 6.07) is 3.61. The van der Waals surface area contributed by atoms with E-state index < -0.39 is 5.82 Å². The smallest absolute Gasteiger partial charge is 0.201 e. The van der Waals surface area contributed by atoms with Gasteiger partial charge in [0.05, 0.1) is 16.1 Å². The maximum absolute atomic E-state index is 13.6. The molecule has 2 N–H and O–H groups in total. The second-order valence-electron chi connectivity index (χ2n) is 5.09. The molecule has 0 amide bonds. The van der Waals surface area contributed by atoms with Gasteiger partial charge >= 0.3 is 0 Å². The van der Waals surface area contributed by atoms with Crippen LogP contribution < -0.4 is 5.73 Å². The van der Waals surface area contributed by atoms with E-state index >= 15 is 0 Å². The molecule has 0 saturated heterocycles. The summed E-state index contributed by atoms with van der Waals surface area (Å²) in [4.78, 5) is 6.53. The summed E-state index contributed by atoms with van der Waals surface area (Å²) in [5, 5.41) is 0.0762. The molecule has 0 atom stereocenters. The predicted octanol–water partition coefficient (Wildman–Crippen LogP) is 2.51. The lowest BCUT2D eigenvalue weighted by Crippen LogP contribution is -2.25. The van der Waals surface area contributed by atoms with Gasteiger partial charge in [0.1, 0.15) is 5.82 Å². The van der Waals surface area contributed by atoms with Crippen molar-refractivity contribution in [2.24, 2.45) is 0 Å². The van der Waals surface area contributed by atoms with Crippen molar-refractivity contribution in [2.75, 3.05) is 19.3 Å². The number of halogens is 2. The number of aromatic nitrogens is 2. The third kappa shape index (κ3) is 2.40. The molecule has 19 heavy (non-hydrogen) atoms. The molecule has 3 rings (SSSR count). The highest BCUT2D eigenvalue weighted by molar-refractivity contribution is 6.31. The summed E-state index contributed by atoms with van der Waals surface area (Å²) in [7, 11) is 2.10. The molecule has 2 aromatic rings. The first kappa shape index (κ1) is 12.7. The van der Waals surface area contributed by atoms with Gasteiger partial charge < -0.3 is 15.2 Å². The van der Waals surface area contributed by atoms with Crippen LogP contribution in [0, 0.1) is 5.82 Å². The number of likely N-dealkylation sites (N-methyl/N-ethyl adjacent to an activating group) is 1. The van der Waals surface area contributed by atoms with Gasteiger partial charge in [0.15, 0.2) is 0 Å². The first-order chi connectivity index (χ1) is 9.06. The van der Waals surface area contributed by atoms with E-state index in [-0.39, 0.29) is 5.02 Å². The lowest BCUT2D eigenvalue weighted by molar-refractivity contribution is 0.311. The van der Waals surface area contributed by atoms with Crippen molar-refractivity contribution in [1.82, 2.24) is 14.5 Å². The van der Waals surface area contributed by atoms with Gasteiger partial charge in [0, 0.05) is 25.2 Å². The quantitative estimate of drug-likeness (QED) is 0.937. The monoisotopic (exact) mass is 282 g/mol. The zero-order valence-electron chi connectivity index (χ0n) is 10.7. The topological polar surface area (TPSA) is 47.1 Å². The van der Waals surface area contributed by atoms with Gasteiger partial charge in [-0.2, -0.15) is 0 Å². The Labute approximate surface area is 116 Å².